The van der Waals surface area contributed by atoms with Crippen LogP contribution in [0.5, 0.6) is 0 Å². The minimum Gasteiger partial charge on any atom is -0.462 e. The number of benzene rings is 2. The lowest BCUT2D eigenvalue weighted by Crippen LogP contribution is -2.06. The summed E-state index contributed by atoms with van der Waals surface area (Å²) >= 11 is 0. The first kappa shape index (κ1) is 15.4. The molecule has 22 heavy (non-hydrogen) atoms. The van der Waals surface area contributed by atoms with Gasteiger partial charge in [0.05, 0.1) is 22.7 Å². The Labute approximate surface area is 128 Å². The van der Waals surface area contributed by atoms with Crippen molar-refractivity contribution in [2.45, 2.75) is 6.92 Å². The van der Waals surface area contributed by atoms with Gasteiger partial charge in [0.1, 0.15) is 0 Å². The number of hydrogen-bond acceptors (Lipinski definition) is 4. The summed E-state index contributed by atoms with van der Waals surface area (Å²) in [5.74, 6) is -0.412. The van der Waals surface area contributed by atoms with Crippen LogP contribution in [-0.2, 0) is 4.74 Å². The van der Waals surface area contributed by atoms with Crippen LogP contribution in [0.3, 0.4) is 0 Å². The molecule has 0 heterocycles. The van der Waals surface area contributed by atoms with E-state index in [0.29, 0.717) is 23.3 Å². The van der Waals surface area contributed by atoms with Crippen molar-refractivity contribution in [2.24, 2.45) is 0 Å². The maximum Gasteiger partial charge on any atom is 0.338 e. The van der Waals surface area contributed by atoms with Gasteiger partial charge in [0, 0.05) is 6.07 Å². The zero-order chi connectivity index (χ0) is 15.9. The second-order valence-electron chi connectivity index (χ2n) is 4.46. The summed E-state index contributed by atoms with van der Waals surface area (Å²) in [7, 11) is 0. The van der Waals surface area contributed by atoms with E-state index in [1.54, 1.807) is 61.5 Å². The van der Waals surface area contributed by atoms with E-state index in [0.717, 1.165) is 0 Å². The molecule has 0 saturated carbocycles. The Hall–Kier alpha value is -2.95. The van der Waals surface area contributed by atoms with Crippen LogP contribution in [0, 0.1) is 10.1 Å². The van der Waals surface area contributed by atoms with Crippen molar-refractivity contribution in [3.8, 4) is 0 Å². The van der Waals surface area contributed by atoms with Gasteiger partial charge in [0.25, 0.3) is 5.69 Å². The fourth-order valence-corrected chi connectivity index (χ4v) is 2.01. The van der Waals surface area contributed by atoms with Crippen LogP contribution in [-0.4, -0.2) is 17.5 Å². The van der Waals surface area contributed by atoms with Crippen molar-refractivity contribution >= 4 is 23.8 Å². The number of nitro groups is 1. The first-order valence-corrected chi connectivity index (χ1v) is 6.81. The Bertz CT molecular complexity index is 722. The number of hydrogen-bond donors (Lipinski definition) is 0. The van der Waals surface area contributed by atoms with Crippen LogP contribution >= 0.6 is 0 Å². The van der Waals surface area contributed by atoms with Gasteiger partial charge in [-0.1, -0.05) is 36.4 Å². The topological polar surface area (TPSA) is 69.4 Å². The second kappa shape index (κ2) is 7.17. The first-order chi connectivity index (χ1) is 10.6. The molecule has 0 fully saturated rings. The van der Waals surface area contributed by atoms with Gasteiger partial charge in [-0.15, -0.1) is 0 Å². The van der Waals surface area contributed by atoms with E-state index in [4.69, 9.17) is 4.74 Å². The number of carbonyl (C=O) groups excluding carboxylic acids is 1. The van der Waals surface area contributed by atoms with Gasteiger partial charge in [0.2, 0.25) is 0 Å². The summed E-state index contributed by atoms with van der Waals surface area (Å²) in [6, 6.07) is 13.4. The predicted octanol–water partition coefficient (Wildman–Crippen LogP) is 3.94. The Morgan fingerprint density at radius 3 is 2.36 bits per heavy atom. The second-order valence-corrected chi connectivity index (χ2v) is 4.46. The molecule has 0 aliphatic heterocycles. The average molecular weight is 297 g/mol. The highest BCUT2D eigenvalue weighted by atomic mass is 16.6. The highest BCUT2D eigenvalue weighted by molar-refractivity contribution is 5.95. The van der Waals surface area contributed by atoms with Crippen molar-refractivity contribution in [3.05, 3.63) is 75.3 Å². The third-order valence-corrected chi connectivity index (χ3v) is 3.03. The van der Waals surface area contributed by atoms with E-state index >= 15 is 0 Å². The maximum atomic E-state index is 11.9. The van der Waals surface area contributed by atoms with Gasteiger partial charge < -0.3 is 4.74 Å². The molecule has 0 aromatic heterocycles. The summed E-state index contributed by atoms with van der Waals surface area (Å²) in [4.78, 5) is 22.4. The lowest BCUT2D eigenvalue weighted by molar-refractivity contribution is -0.385. The maximum absolute atomic E-state index is 11.9. The van der Waals surface area contributed by atoms with E-state index in [2.05, 4.69) is 0 Å². The third kappa shape index (κ3) is 3.58. The van der Waals surface area contributed by atoms with Crippen LogP contribution in [0.25, 0.3) is 12.2 Å². The number of nitro benzene ring substituents is 1. The molecule has 5 heteroatoms. The van der Waals surface area contributed by atoms with E-state index in [1.807, 2.05) is 0 Å². The van der Waals surface area contributed by atoms with Gasteiger partial charge in [0.15, 0.2) is 0 Å². The summed E-state index contributed by atoms with van der Waals surface area (Å²) < 4.78 is 5.00. The molecule has 0 aliphatic rings. The SMILES string of the molecule is CCOC(=O)c1ccccc1C=Cc1ccccc1[N+](=O)[O-]. The fourth-order valence-electron chi connectivity index (χ4n) is 2.01. The molecule has 0 N–H and O–H groups in total. The molecular weight excluding hydrogens is 282 g/mol. The van der Waals surface area contributed by atoms with E-state index < -0.39 is 10.9 Å². The number of esters is 1. The lowest BCUT2D eigenvalue weighted by atomic mass is 10.1. The molecule has 2 aromatic rings. The van der Waals surface area contributed by atoms with Crippen molar-refractivity contribution in [2.75, 3.05) is 6.61 Å². The molecule has 0 saturated heterocycles. The largest absolute Gasteiger partial charge is 0.462 e. The number of nitrogens with zero attached hydrogens (tertiary/aromatic N) is 1. The molecule has 0 radical (unpaired) electrons. The average Bonchev–Trinajstić information content (AvgIpc) is 2.53. The van der Waals surface area contributed by atoms with Gasteiger partial charge in [-0.3, -0.25) is 10.1 Å². The minimum atomic E-state index is -0.434. The van der Waals surface area contributed by atoms with Crippen molar-refractivity contribution in [3.63, 3.8) is 0 Å². The summed E-state index contributed by atoms with van der Waals surface area (Å²) in [5, 5.41) is 11.0. The van der Waals surface area contributed by atoms with E-state index in [1.165, 1.54) is 6.07 Å². The molecule has 112 valence electrons. The molecule has 0 amide bonds. The van der Waals surface area contributed by atoms with Crippen molar-refractivity contribution in [1.82, 2.24) is 0 Å². The van der Waals surface area contributed by atoms with E-state index in [-0.39, 0.29) is 5.69 Å². The van der Waals surface area contributed by atoms with Crippen LogP contribution in [0.1, 0.15) is 28.4 Å². The zero-order valence-corrected chi connectivity index (χ0v) is 12.1. The molecule has 5 nitrogen and oxygen atoms in total. The molecule has 0 unspecified atom stereocenters. The molecule has 2 rings (SSSR count). The number of rotatable bonds is 5. The van der Waals surface area contributed by atoms with Gasteiger partial charge in [-0.05, 0) is 30.7 Å². The Morgan fingerprint density at radius 2 is 1.68 bits per heavy atom. The molecular formula is C17H15NO4. The van der Waals surface area contributed by atoms with Gasteiger partial charge in [-0.2, -0.15) is 0 Å². The summed E-state index contributed by atoms with van der Waals surface area (Å²) in [5.41, 5.74) is 1.58. The summed E-state index contributed by atoms with van der Waals surface area (Å²) in [6.45, 7) is 2.03. The Kier molecular flexibility index (Phi) is 5.03. The quantitative estimate of drug-likeness (QED) is 0.363. The van der Waals surface area contributed by atoms with Crippen LogP contribution < -0.4 is 0 Å². The minimum absolute atomic E-state index is 0.0207. The highest BCUT2D eigenvalue weighted by Gasteiger charge is 2.12. The first-order valence-electron chi connectivity index (χ1n) is 6.81. The number of carbonyl (C=O) groups is 1. The number of para-hydroxylation sites is 1. The monoisotopic (exact) mass is 297 g/mol. The molecule has 0 atom stereocenters. The van der Waals surface area contributed by atoms with Crippen LogP contribution in [0.2, 0.25) is 0 Å². The Morgan fingerprint density at radius 1 is 1.09 bits per heavy atom. The predicted molar refractivity (Wildman–Crippen MR) is 84.4 cm³/mol. The smallest absolute Gasteiger partial charge is 0.338 e. The van der Waals surface area contributed by atoms with Crippen molar-refractivity contribution in [1.29, 1.82) is 0 Å². The summed E-state index contributed by atoms with van der Waals surface area (Å²) in [6.07, 6.45) is 3.30. The molecule has 0 aliphatic carbocycles. The number of ether oxygens (including phenoxy) is 1. The van der Waals surface area contributed by atoms with Gasteiger partial charge in [-0.25, -0.2) is 4.79 Å². The normalized spacial score (nSPS) is 10.6. The van der Waals surface area contributed by atoms with Crippen molar-refractivity contribution < 1.29 is 14.5 Å². The van der Waals surface area contributed by atoms with Gasteiger partial charge >= 0.3 is 5.97 Å². The van der Waals surface area contributed by atoms with Crippen LogP contribution in [0.15, 0.2) is 48.5 Å². The standard InChI is InChI=1S/C17H15NO4/c1-2-22-17(19)15-9-5-3-7-13(15)11-12-14-8-4-6-10-16(14)18(20)21/h3-12H,2H2,1H3. The Balaban J connectivity index is 2.36. The molecule has 0 bridgehead atoms. The fraction of sp³-hybridized carbons (Fsp3) is 0.118. The van der Waals surface area contributed by atoms with Crippen LogP contribution in [0.4, 0.5) is 5.69 Å². The lowest BCUT2D eigenvalue weighted by Gasteiger charge is -2.05. The zero-order valence-electron chi connectivity index (χ0n) is 12.1. The van der Waals surface area contributed by atoms with E-state index in [9.17, 15) is 14.9 Å². The molecule has 2 aromatic carbocycles. The third-order valence-electron chi connectivity index (χ3n) is 3.03. The molecule has 0 spiro atoms. The highest BCUT2D eigenvalue weighted by Crippen LogP contribution is 2.21.